The molecule has 6 atom stereocenters. The molecule has 1 aromatic carbocycles. The number of carbonyl (C=O) groups is 3. The molecule has 0 unspecified atom stereocenters. The van der Waals surface area contributed by atoms with Crippen molar-refractivity contribution in [2.45, 2.75) is 6.42 Å². The molecular formula is C18H14BrNO3. The molecule has 4 nitrogen and oxygen atoms in total. The van der Waals surface area contributed by atoms with E-state index in [1.54, 1.807) is 24.3 Å². The molecule has 0 radical (unpaired) electrons. The zero-order valence-corrected chi connectivity index (χ0v) is 13.8. The summed E-state index contributed by atoms with van der Waals surface area (Å²) in [6.07, 6.45) is 5.34. The summed E-state index contributed by atoms with van der Waals surface area (Å²) in [5.74, 6) is -0.327. The monoisotopic (exact) mass is 371 g/mol. The molecule has 5 heteroatoms. The Morgan fingerprint density at radius 1 is 0.957 bits per heavy atom. The van der Waals surface area contributed by atoms with Crippen LogP contribution in [0.4, 0.5) is 0 Å². The first kappa shape index (κ1) is 13.7. The summed E-state index contributed by atoms with van der Waals surface area (Å²) in [4.78, 5) is 39.3. The van der Waals surface area contributed by atoms with Crippen LogP contribution < -0.4 is 0 Å². The topological polar surface area (TPSA) is 54.5 Å². The Hall–Kier alpha value is -1.75. The minimum Gasteiger partial charge on any atom is -0.274 e. The van der Waals surface area contributed by atoms with Gasteiger partial charge in [-0.3, -0.25) is 14.4 Å². The lowest BCUT2D eigenvalue weighted by molar-refractivity contribution is -0.136. The Balaban J connectivity index is 1.52. The van der Waals surface area contributed by atoms with Crippen LogP contribution in [0.1, 0.15) is 16.8 Å². The van der Waals surface area contributed by atoms with Crippen LogP contribution in [0.2, 0.25) is 0 Å². The first-order valence-corrected chi connectivity index (χ1v) is 8.73. The van der Waals surface area contributed by atoms with Crippen molar-refractivity contribution < 1.29 is 14.4 Å². The van der Waals surface area contributed by atoms with Crippen molar-refractivity contribution in [3.8, 4) is 0 Å². The normalized spacial score (nSPS) is 39.4. The summed E-state index contributed by atoms with van der Waals surface area (Å²) < 4.78 is 0.851. The van der Waals surface area contributed by atoms with Crippen LogP contribution in [0.15, 0.2) is 40.9 Å². The van der Waals surface area contributed by atoms with E-state index in [0.717, 1.165) is 15.8 Å². The molecule has 116 valence electrons. The van der Waals surface area contributed by atoms with Gasteiger partial charge in [0.1, 0.15) is 0 Å². The number of amides is 3. The quantitative estimate of drug-likeness (QED) is 0.563. The van der Waals surface area contributed by atoms with Crippen LogP contribution >= 0.6 is 15.9 Å². The molecule has 0 N–H and O–H groups in total. The van der Waals surface area contributed by atoms with Gasteiger partial charge in [0, 0.05) is 10.0 Å². The van der Waals surface area contributed by atoms with Crippen molar-refractivity contribution in [1.29, 1.82) is 0 Å². The maximum Gasteiger partial charge on any atom is 0.267 e. The van der Waals surface area contributed by atoms with Gasteiger partial charge in [0.15, 0.2) is 0 Å². The number of rotatable bonds is 1. The molecule has 1 saturated heterocycles. The maximum absolute atomic E-state index is 12.8. The number of carbonyl (C=O) groups excluding carboxylic acids is 3. The molecule has 3 amide bonds. The number of allylic oxidation sites excluding steroid dienone is 2. The number of hydrogen-bond donors (Lipinski definition) is 0. The number of halogens is 1. The summed E-state index contributed by atoms with van der Waals surface area (Å²) >= 11 is 3.32. The van der Waals surface area contributed by atoms with Gasteiger partial charge in [0.25, 0.3) is 5.91 Å². The van der Waals surface area contributed by atoms with Gasteiger partial charge in [-0.05, 0) is 54.4 Å². The molecule has 23 heavy (non-hydrogen) atoms. The number of likely N-dealkylation sites (tertiary alicyclic amines) is 1. The fourth-order valence-electron chi connectivity index (χ4n) is 4.88. The minimum atomic E-state index is -0.491. The third kappa shape index (κ3) is 1.69. The molecule has 1 heterocycles. The molecule has 4 aliphatic carbocycles. The van der Waals surface area contributed by atoms with Crippen LogP contribution in [0.3, 0.4) is 0 Å². The summed E-state index contributed by atoms with van der Waals surface area (Å²) in [6, 6.07) is 6.76. The van der Waals surface area contributed by atoms with Crippen LogP contribution in [0.5, 0.6) is 0 Å². The number of nitrogens with zero attached hydrogens (tertiary/aromatic N) is 1. The van der Waals surface area contributed by atoms with E-state index in [4.69, 9.17) is 0 Å². The predicted octanol–water partition coefficient (Wildman–Crippen LogP) is 2.64. The highest BCUT2D eigenvalue weighted by molar-refractivity contribution is 9.10. The second-order valence-electron chi connectivity index (χ2n) is 6.98. The Morgan fingerprint density at radius 2 is 1.48 bits per heavy atom. The Kier molecular flexibility index (Phi) is 2.62. The molecule has 0 aromatic heterocycles. The maximum atomic E-state index is 12.8. The van der Waals surface area contributed by atoms with E-state index in [0.29, 0.717) is 17.4 Å². The van der Waals surface area contributed by atoms with Crippen LogP contribution in [-0.4, -0.2) is 22.6 Å². The zero-order valence-electron chi connectivity index (χ0n) is 12.2. The third-order valence-corrected chi connectivity index (χ3v) is 6.49. The molecular weight excluding hydrogens is 358 g/mol. The Bertz CT molecular complexity index is 748. The molecule has 0 spiro atoms. The highest BCUT2D eigenvalue weighted by Gasteiger charge is 2.67. The summed E-state index contributed by atoms with van der Waals surface area (Å²) in [7, 11) is 0. The smallest absolute Gasteiger partial charge is 0.267 e. The van der Waals surface area contributed by atoms with Gasteiger partial charge in [-0.15, -0.1) is 0 Å². The summed E-state index contributed by atoms with van der Waals surface area (Å²) in [6.45, 7) is 0. The average molecular weight is 372 g/mol. The molecule has 2 saturated carbocycles. The summed E-state index contributed by atoms with van der Waals surface area (Å²) in [5.41, 5.74) is 0.374. The Morgan fingerprint density at radius 3 is 2.00 bits per heavy atom. The molecule has 3 fully saturated rings. The van der Waals surface area contributed by atoms with E-state index >= 15 is 0 Å². The van der Waals surface area contributed by atoms with Gasteiger partial charge in [0.05, 0.1) is 11.8 Å². The fourth-order valence-corrected chi connectivity index (χ4v) is 5.14. The van der Waals surface area contributed by atoms with Crippen molar-refractivity contribution in [3.05, 3.63) is 46.5 Å². The highest BCUT2D eigenvalue weighted by Crippen LogP contribution is 2.65. The van der Waals surface area contributed by atoms with Crippen molar-refractivity contribution in [1.82, 2.24) is 4.90 Å². The van der Waals surface area contributed by atoms with Crippen LogP contribution in [0.25, 0.3) is 0 Å². The molecule has 1 aliphatic heterocycles. The van der Waals surface area contributed by atoms with Gasteiger partial charge in [-0.2, -0.15) is 0 Å². The number of imide groups is 3. The standard InChI is InChI=1S/C18H14BrNO3/c19-9-3-1-8(2-4-9)16(21)20-17(22)14-10-5-6-11(13-7-12(10)13)15(14)18(20)23/h1-6,10-15H,7H2/t10-,11-,12-,13+,14+,15+/m0/s1. The van der Waals surface area contributed by atoms with Gasteiger partial charge in [0.2, 0.25) is 11.8 Å². The molecule has 5 aliphatic rings. The van der Waals surface area contributed by atoms with Crippen molar-refractivity contribution in [2.75, 3.05) is 0 Å². The van der Waals surface area contributed by atoms with Crippen molar-refractivity contribution >= 4 is 33.7 Å². The average Bonchev–Trinajstić information content (AvgIpc) is 3.32. The predicted molar refractivity (Wildman–Crippen MR) is 85.0 cm³/mol. The minimum absolute atomic E-state index is 0.147. The van der Waals surface area contributed by atoms with Crippen molar-refractivity contribution in [3.63, 3.8) is 0 Å². The van der Waals surface area contributed by atoms with Gasteiger partial charge < -0.3 is 0 Å². The molecule has 1 aromatic rings. The zero-order chi connectivity index (χ0) is 15.9. The lowest BCUT2D eigenvalue weighted by atomic mass is 9.63. The molecule has 2 bridgehead atoms. The lowest BCUT2D eigenvalue weighted by Crippen LogP contribution is -2.40. The van der Waals surface area contributed by atoms with E-state index in [9.17, 15) is 14.4 Å². The first-order valence-electron chi connectivity index (χ1n) is 7.94. The van der Waals surface area contributed by atoms with E-state index in [2.05, 4.69) is 28.1 Å². The van der Waals surface area contributed by atoms with E-state index in [-0.39, 0.29) is 35.5 Å². The molecule has 6 rings (SSSR count). The van der Waals surface area contributed by atoms with E-state index < -0.39 is 5.91 Å². The largest absolute Gasteiger partial charge is 0.274 e. The second-order valence-corrected chi connectivity index (χ2v) is 7.89. The SMILES string of the molecule is O=C(c1ccc(Br)cc1)N1C(=O)[C@@H]2[C@H]3C=C[C@@H]([C@@H]4C[C@H]34)[C@H]2C1=O. The lowest BCUT2D eigenvalue weighted by Gasteiger charge is -2.37. The van der Waals surface area contributed by atoms with Gasteiger partial charge in [-0.1, -0.05) is 28.1 Å². The van der Waals surface area contributed by atoms with Crippen LogP contribution in [0, 0.1) is 35.5 Å². The number of benzene rings is 1. The fraction of sp³-hybridized carbons (Fsp3) is 0.389. The van der Waals surface area contributed by atoms with E-state index in [1.165, 1.54) is 0 Å². The second kappa shape index (κ2) is 4.41. The first-order chi connectivity index (χ1) is 11.1. The van der Waals surface area contributed by atoms with Crippen LogP contribution in [-0.2, 0) is 9.59 Å². The van der Waals surface area contributed by atoms with Crippen molar-refractivity contribution in [2.24, 2.45) is 35.5 Å². The highest BCUT2D eigenvalue weighted by atomic mass is 79.9. The summed E-state index contributed by atoms with van der Waals surface area (Å²) in [5, 5.41) is 0. The third-order valence-electron chi connectivity index (χ3n) is 5.96. The Labute approximate surface area is 141 Å². The van der Waals surface area contributed by atoms with Gasteiger partial charge in [-0.25, -0.2) is 4.90 Å². The van der Waals surface area contributed by atoms with Gasteiger partial charge >= 0.3 is 0 Å². The number of hydrogen-bond acceptors (Lipinski definition) is 3. The van der Waals surface area contributed by atoms with E-state index in [1.807, 2.05) is 0 Å².